The molecule has 0 spiro atoms. The molecule has 2 heterocycles. The minimum Gasteiger partial charge on any atom is -0.422 e. The Balaban J connectivity index is 2.35. The zero-order chi connectivity index (χ0) is 19.2. The number of benzene rings is 1. The van der Waals surface area contributed by atoms with Crippen LogP contribution in [0.1, 0.15) is 25.3 Å². The van der Waals surface area contributed by atoms with Gasteiger partial charge >= 0.3 is 11.9 Å². The van der Waals surface area contributed by atoms with Crippen molar-refractivity contribution in [3.8, 4) is 0 Å². The van der Waals surface area contributed by atoms with E-state index in [4.69, 9.17) is 9.47 Å². The molecule has 1 aliphatic rings. The van der Waals surface area contributed by atoms with E-state index < -0.39 is 50.4 Å². The molecule has 1 aliphatic heterocycles. The second-order valence-corrected chi connectivity index (χ2v) is 5.92. The second-order valence-electron chi connectivity index (χ2n) is 5.92. The Morgan fingerprint density at radius 3 is 2.19 bits per heavy atom. The van der Waals surface area contributed by atoms with Gasteiger partial charge in [0.1, 0.15) is 0 Å². The fourth-order valence-corrected chi connectivity index (χ4v) is 2.77. The monoisotopic (exact) mass is 361 g/mol. The average Bonchev–Trinajstić information content (AvgIpc) is 2.52. The summed E-state index contributed by atoms with van der Waals surface area (Å²) >= 11 is 0. The van der Waals surface area contributed by atoms with Gasteiger partial charge in [-0.3, -0.25) is 34.8 Å². The van der Waals surface area contributed by atoms with Crippen LogP contribution in [0.2, 0.25) is 0 Å². The van der Waals surface area contributed by atoms with Crippen molar-refractivity contribution in [1.82, 2.24) is 4.98 Å². The number of hydrogen-bond donors (Lipinski definition) is 0. The number of rotatable bonds is 3. The molecule has 0 bridgehead atoms. The van der Waals surface area contributed by atoms with Crippen LogP contribution in [-0.4, -0.2) is 32.6 Å². The first-order valence-corrected chi connectivity index (χ1v) is 7.28. The molecule has 134 valence electrons. The number of non-ortho nitro benzene ring substituents is 1. The number of cyclic esters (lactones) is 2. The molecule has 0 aliphatic carbocycles. The van der Waals surface area contributed by atoms with Crippen LogP contribution in [0.5, 0.6) is 0 Å². The van der Waals surface area contributed by atoms with Gasteiger partial charge in [0.25, 0.3) is 17.2 Å². The summed E-state index contributed by atoms with van der Waals surface area (Å²) in [7, 11) is 0. The minimum atomic E-state index is -1.78. The summed E-state index contributed by atoms with van der Waals surface area (Å²) in [6.07, 6.45) is 1.24. The predicted molar refractivity (Wildman–Crippen MR) is 84.1 cm³/mol. The lowest BCUT2D eigenvalue weighted by Gasteiger charge is -2.32. The number of nitrogens with zero attached hydrogens (tertiary/aromatic N) is 3. The van der Waals surface area contributed by atoms with E-state index in [1.165, 1.54) is 32.2 Å². The van der Waals surface area contributed by atoms with Gasteiger partial charge in [0, 0.05) is 20.0 Å². The van der Waals surface area contributed by atoms with Gasteiger partial charge in [-0.05, 0) is 12.1 Å². The largest absolute Gasteiger partial charge is 0.422 e. The zero-order valence-electron chi connectivity index (χ0n) is 13.5. The van der Waals surface area contributed by atoms with E-state index in [1.807, 2.05) is 0 Å². The normalized spacial score (nSPS) is 16.8. The quantitative estimate of drug-likeness (QED) is 0.345. The van der Waals surface area contributed by atoms with E-state index in [9.17, 15) is 29.8 Å². The molecule has 0 amide bonds. The van der Waals surface area contributed by atoms with E-state index in [2.05, 4.69) is 4.98 Å². The molecular formula is C15H11N3O8. The maximum absolute atomic E-state index is 12.4. The zero-order valence-corrected chi connectivity index (χ0v) is 13.5. The Morgan fingerprint density at radius 1 is 1.08 bits per heavy atom. The Labute approximate surface area is 144 Å². The molecule has 1 aromatic heterocycles. The summed E-state index contributed by atoms with van der Waals surface area (Å²) in [5, 5.41) is 22.7. The number of esters is 2. The third-order valence-electron chi connectivity index (χ3n) is 3.73. The summed E-state index contributed by atoms with van der Waals surface area (Å²) in [6, 6.07) is 3.41. The smallest absolute Gasteiger partial charge is 0.328 e. The molecule has 0 unspecified atom stereocenters. The third-order valence-corrected chi connectivity index (χ3v) is 3.73. The lowest BCUT2D eigenvalue weighted by molar-refractivity contribution is -0.393. The van der Waals surface area contributed by atoms with E-state index in [-0.39, 0.29) is 10.9 Å². The molecule has 0 N–H and O–H groups in total. The Hall–Kier alpha value is -3.63. The topological polar surface area (TPSA) is 152 Å². The van der Waals surface area contributed by atoms with Crippen molar-refractivity contribution in [3.05, 3.63) is 50.2 Å². The fraction of sp³-hybridized carbons (Fsp3) is 0.267. The van der Waals surface area contributed by atoms with Crippen LogP contribution < -0.4 is 0 Å². The maximum Gasteiger partial charge on any atom is 0.328 e. The Bertz CT molecular complexity index is 964. The molecule has 1 fully saturated rings. The molecule has 1 saturated heterocycles. The van der Waals surface area contributed by atoms with Crippen LogP contribution in [0.15, 0.2) is 24.4 Å². The molecule has 0 saturated carbocycles. The highest BCUT2D eigenvalue weighted by Gasteiger charge is 2.48. The van der Waals surface area contributed by atoms with Gasteiger partial charge in [-0.2, -0.15) is 0 Å². The van der Waals surface area contributed by atoms with Gasteiger partial charge in [-0.1, -0.05) is 0 Å². The van der Waals surface area contributed by atoms with Crippen molar-refractivity contribution in [2.75, 3.05) is 0 Å². The van der Waals surface area contributed by atoms with Crippen LogP contribution in [0, 0.1) is 20.2 Å². The average molecular weight is 361 g/mol. The molecule has 1 aromatic carbocycles. The van der Waals surface area contributed by atoms with Gasteiger partial charge < -0.3 is 9.47 Å². The number of fused-ring (bicyclic) bond motifs is 1. The third kappa shape index (κ3) is 2.68. The Kier molecular flexibility index (Phi) is 3.78. The van der Waals surface area contributed by atoms with Gasteiger partial charge in [-0.15, -0.1) is 0 Å². The molecule has 26 heavy (non-hydrogen) atoms. The molecule has 11 heteroatoms. The number of pyridine rings is 1. The predicted octanol–water partition coefficient (Wildman–Crippen LogP) is 1.97. The summed E-state index contributed by atoms with van der Waals surface area (Å²) in [5.74, 6) is -5.42. The second kappa shape index (κ2) is 5.72. The molecule has 2 aromatic rings. The van der Waals surface area contributed by atoms with Gasteiger partial charge in [-0.25, -0.2) is 0 Å². The molecule has 3 rings (SSSR count). The molecular weight excluding hydrogens is 350 g/mol. The van der Waals surface area contributed by atoms with Gasteiger partial charge in [0.2, 0.25) is 0 Å². The van der Waals surface area contributed by atoms with Crippen LogP contribution in [0.25, 0.3) is 10.9 Å². The number of nitro groups is 2. The van der Waals surface area contributed by atoms with E-state index in [0.29, 0.717) is 6.07 Å². The number of carbonyl (C=O) groups excluding carboxylic acids is 2. The first-order chi connectivity index (χ1) is 12.1. The van der Waals surface area contributed by atoms with Crippen molar-refractivity contribution >= 4 is 34.2 Å². The summed E-state index contributed by atoms with van der Waals surface area (Å²) in [5.41, 5.74) is -1.98. The van der Waals surface area contributed by atoms with E-state index in [1.54, 1.807) is 0 Å². The van der Waals surface area contributed by atoms with Crippen LogP contribution in [-0.2, 0) is 19.1 Å². The van der Waals surface area contributed by atoms with Gasteiger partial charge in [0.15, 0.2) is 5.92 Å². The minimum absolute atomic E-state index is 0.0523. The first kappa shape index (κ1) is 17.2. The SMILES string of the molecule is CC1(C)OC(=O)C(c2c([N+](=O)[O-])cc([N+](=O)[O-])c3cccnc23)C(=O)O1. The number of aromatic nitrogens is 1. The molecule has 0 radical (unpaired) electrons. The number of hydrogen-bond acceptors (Lipinski definition) is 9. The summed E-state index contributed by atoms with van der Waals surface area (Å²) < 4.78 is 10.0. The highest BCUT2D eigenvalue weighted by Crippen LogP contribution is 2.41. The van der Waals surface area contributed by atoms with Crippen molar-refractivity contribution in [1.29, 1.82) is 0 Å². The lowest BCUT2D eigenvalue weighted by atomic mass is 9.92. The Morgan fingerprint density at radius 2 is 1.65 bits per heavy atom. The lowest BCUT2D eigenvalue weighted by Crippen LogP contribution is -2.45. The van der Waals surface area contributed by atoms with Crippen LogP contribution in [0.3, 0.4) is 0 Å². The van der Waals surface area contributed by atoms with Crippen LogP contribution >= 0.6 is 0 Å². The fourth-order valence-electron chi connectivity index (χ4n) is 2.77. The number of nitro benzene ring substituents is 2. The standard InChI is InChI=1S/C15H11N3O8/c1-15(2)25-13(19)11(14(20)26-15)10-9(18(23)24)6-8(17(21)22)7-4-3-5-16-12(7)10/h3-6,11H,1-2H3. The molecule has 11 nitrogen and oxygen atoms in total. The highest BCUT2D eigenvalue weighted by atomic mass is 16.7. The van der Waals surface area contributed by atoms with E-state index >= 15 is 0 Å². The van der Waals surface area contributed by atoms with Gasteiger partial charge in [0.05, 0.1) is 32.4 Å². The maximum atomic E-state index is 12.4. The summed E-state index contributed by atoms with van der Waals surface area (Å²) in [4.78, 5) is 49.6. The molecule has 0 atom stereocenters. The number of ether oxygens (including phenoxy) is 2. The first-order valence-electron chi connectivity index (χ1n) is 7.28. The van der Waals surface area contributed by atoms with Crippen molar-refractivity contribution in [2.24, 2.45) is 0 Å². The summed E-state index contributed by atoms with van der Waals surface area (Å²) in [6.45, 7) is 2.67. The van der Waals surface area contributed by atoms with Crippen molar-refractivity contribution < 1.29 is 28.9 Å². The van der Waals surface area contributed by atoms with E-state index in [0.717, 1.165) is 0 Å². The number of carbonyl (C=O) groups is 2. The van der Waals surface area contributed by atoms with Crippen molar-refractivity contribution in [2.45, 2.75) is 25.6 Å². The van der Waals surface area contributed by atoms with Crippen LogP contribution in [0.4, 0.5) is 11.4 Å². The highest BCUT2D eigenvalue weighted by molar-refractivity contribution is 6.08. The van der Waals surface area contributed by atoms with Crippen molar-refractivity contribution in [3.63, 3.8) is 0 Å².